The van der Waals surface area contributed by atoms with Crippen LogP contribution in [0.2, 0.25) is 0 Å². The number of rotatable bonds is 2. The molecule has 2 aliphatic heterocycles. The van der Waals surface area contributed by atoms with Gasteiger partial charge in [0.05, 0.1) is 17.5 Å². The van der Waals surface area contributed by atoms with Crippen LogP contribution in [0.3, 0.4) is 0 Å². The highest BCUT2D eigenvalue weighted by atomic mass is 32.2. The van der Waals surface area contributed by atoms with Crippen LogP contribution in [0.5, 0.6) is 0 Å². The van der Waals surface area contributed by atoms with Gasteiger partial charge in [0.2, 0.25) is 0 Å². The Labute approximate surface area is 146 Å². The van der Waals surface area contributed by atoms with Crippen LogP contribution in [0.4, 0.5) is 4.79 Å². The molecule has 0 saturated carbocycles. The highest BCUT2D eigenvalue weighted by Gasteiger charge is 2.44. The Balaban J connectivity index is 1.42. The molecule has 8 heteroatoms. The minimum absolute atomic E-state index is 0.0753. The Morgan fingerprint density at radius 1 is 1.33 bits per heavy atom. The summed E-state index contributed by atoms with van der Waals surface area (Å²) in [5.74, 6) is 0.214. The SMILES string of the molecule is O=C(NCc1csc2c1CCCC2)N1CCN[C@H]2CS(=O)(=O)C[C@H]21. The molecule has 2 atom stereocenters. The number of nitrogens with one attached hydrogen (secondary N) is 2. The molecule has 2 amide bonds. The molecule has 1 aromatic heterocycles. The van der Waals surface area contributed by atoms with Crippen molar-refractivity contribution in [2.24, 2.45) is 0 Å². The summed E-state index contributed by atoms with van der Waals surface area (Å²) in [5, 5.41) is 8.41. The number of piperazine rings is 1. The minimum Gasteiger partial charge on any atom is -0.334 e. The first-order chi connectivity index (χ1) is 11.5. The number of carbonyl (C=O) groups is 1. The van der Waals surface area contributed by atoms with Crippen molar-refractivity contribution in [3.8, 4) is 0 Å². The number of hydrogen-bond acceptors (Lipinski definition) is 5. The molecule has 132 valence electrons. The second-order valence-electron chi connectivity index (χ2n) is 6.93. The zero-order chi connectivity index (χ0) is 16.7. The first kappa shape index (κ1) is 16.4. The molecule has 3 heterocycles. The van der Waals surface area contributed by atoms with Gasteiger partial charge in [0.25, 0.3) is 0 Å². The summed E-state index contributed by atoms with van der Waals surface area (Å²) >= 11 is 1.80. The van der Waals surface area contributed by atoms with Crippen molar-refractivity contribution in [1.82, 2.24) is 15.5 Å². The zero-order valence-corrected chi connectivity index (χ0v) is 15.2. The van der Waals surface area contributed by atoms with E-state index in [1.807, 2.05) is 0 Å². The van der Waals surface area contributed by atoms with E-state index in [9.17, 15) is 13.2 Å². The third-order valence-electron chi connectivity index (χ3n) is 5.32. The summed E-state index contributed by atoms with van der Waals surface area (Å²) in [4.78, 5) is 15.8. The number of aryl methyl sites for hydroxylation is 1. The van der Waals surface area contributed by atoms with Crippen LogP contribution in [0, 0.1) is 0 Å². The number of carbonyl (C=O) groups excluding carboxylic acids is 1. The van der Waals surface area contributed by atoms with Gasteiger partial charge >= 0.3 is 6.03 Å². The smallest absolute Gasteiger partial charge is 0.318 e. The summed E-state index contributed by atoms with van der Waals surface area (Å²) in [6, 6.07) is -0.497. The lowest BCUT2D eigenvalue weighted by Gasteiger charge is -2.37. The van der Waals surface area contributed by atoms with Gasteiger partial charge in [0.15, 0.2) is 9.84 Å². The molecule has 3 aliphatic rings. The molecule has 1 aliphatic carbocycles. The maximum atomic E-state index is 12.6. The Morgan fingerprint density at radius 3 is 3.04 bits per heavy atom. The fourth-order valence-electron chi connectivity index (χ4n) is 4.10. The highest BCUT2D eigenvalue weighted by molar-refractivity contribution is 7.91. The van der Waals surface area contributed by atoms with Crippen molar-refractivity contribution < 1.29 is 13.2 Å². The molecule has 4 rings (SSSR count). The fourth-order valence-corrected chi connectivity index (χ4v) is 7.20. The summed E-state index contributed by atoms with van der Waals surface area (Å²) in [6.07, 6.45) is 4.76. The van der Waals surface area contributed by atoms with E-state index in [4.69, 9.17) is 0 Å². The van der Waals surface area contributed by atoms with Crippen LogP contribution >= 0.6 is 11.3 Å². The molecule has 2 saturated heterocycles. The largest absolute Gasteiger partial charge is 0.334 e. The number of sulfone groups is 1. The van der Waals surface area contributed by atoms with Gasteiger partial charge < -0.3 is 15.5 Å². The van der Waals surface area contributed by atoms with Gasteiger partial charge in [-0.05, 0) is 42.2 Å². The molecule has 0 aromatic carbocycles. The van der Waals surface area contributed by atoms with Gasteiger partial charge in [-0.3, -0.25) is 0 Å². The molecule has 6 nitrogen and oxygen atoms in total. The first-order valence-corrected chi connectivity index (χ1v) is 11.3. The van der Waals surface area contributed by atoms with Crippen molar-refractivity contribution >= 4 is 27.2 Å². The van der Waals surface area contributed by atoms with Gasteiger partial charge in [-0.2, -0.15) is 0 Å². The van der Waals surface area contributed by atoms with E-state index in [1.54, 1.807) is 16.2 Å². The number of amides is 2. The third kappa shape index (κ3) is 3.07. The Bertz CT molecular complexity index is 744. The number of fused-ring (bicyclic) bond motifs is 2. The van der Waals surface area contributed by atoms with E-state index in [1.165, 1.54) is 28.8 Å². The van der Waals surface area contributed by atoms with Gasteiger partial charge in [-0.1, -0.05) is 0 Å². The van der Waals surface area contributed by atoms with Crippen molar-refractivity contribution in [3.63, 3.8) is 0 Å². The Hall–Kier alpha value is -1.12. The predicted molar refractivity (Wildman–Crippen MR) is 94.1 cm³/mol. The summed E-state index contributed by atoms with van der Waals surface area (Å²) < 4.78 is 23.7. The number of urea groups is 1. The maximum Gasteiger partial charge on any atom is 0.318 e. The molecule has 1 aromatic rings. The highest BCUT2D eigenvalue weighted by Crippen LogP contribution is 2.30. The van der Waals surface area contributed by atoms with E-state index in [-0.39, 0.29) is 29.6 Å². The van der Waals surface area contributed by atoms with Crippen LogP contribution in [-0.4, -0.2) is 56.0 Å². The third-order valence-corrected chi connectivity index (χ3v) is 8.18. The van der Waals surface area contributed by atoms with E-state index in [0.717, 1.165) is 12.8 Å². The average Bonchev–Trinajstić information content (AvgIpc) is 3.11. The molecule has 0 radical (unpaired) electrons. The lowest BCUT2D eigenvalue weighted by molar-refractivity contribution is 0.151. The van der Waals surface area contributed by atoms with E-state index >= 15 is 0 Å². The fraction of sp³-hybridized carbons (Fsp3) is 0.688. The van der Waals surface area contributed by atoms with Crippen LogP contribution in [0.25, 0.3) is 0 Å². The molecule has 2 N–H and O–H groups in total. The average molecular weight is 370 g/mol. The zero-order valence-electron chi connectivity index (χ0n) is 13.6. The van der Waals surface area contributed by atoms with E-state index < -0.39 is 9.84 Å². The predicted octanol–water partition coefficient (Wildman–Crippen LogP) is 0.907. The van der Waals surface area contributed by atoms with Crippen LogP contribution in [-0.2, 0) is 29.2 Å². The molecule has 0 spiro atoms. The van der Waals surface area contributed by atoms with E-state index in [0.29, 0.717) is 19.6 Å². The monoisotopic (exact) mass is 369 g/mol. The molecule has 0 bridgehead atoms. The topological polar surface area (TPSA) is 78.5 Å². The van der Waals surface area contributed by atoms with Gasteiger partial charge in [0, 0.05) is 30.6 Å². The van der Waals surface area contributed by atoms with Crippen molar-refractivity contribution in [3.05, 3.63) is 21.4 Å². The lowest BCUT2D eigenvalue weighted by Crippen LogP contribution is -2.60. The number of nitrogens with zero attached hydrogens (tertiary/aromatic N) is 1. The van der Waals surface area contributed by atoms with Gasteiger partial charge in [-0.15, -0.1) is 11.3 Å². The summed E-state index contributed by atoms with van der Waals surface area (Å²) in [5.41, 5.74) is 2.65. The van der Waals surface area contributed by atoms with Crippen molar-refractivity contribution in [2.75, 3.05) is 24.6 Å². The summed E-state index contributed by atoms with van der Waals surface area (Å²) in [7, 11) is -3.05. The molecule has 0 unspecified atom stereocenters. The van der Waals surface area contributed by atoms with Crippen LogP contribution in [0.1, 0.15) is 28.8 Å². The minimum atomic E-state index is -3.05. The number of thiophene rings is 1. The second-order valence-corrected chi connectivity index (χ2v) is 10.0. The molecular weight excluding hydrogens is 346 g/mol. The van der Waals surface area contributed by atoms with Gasteiger partial charge in [-0.25, -0.2) is 13.2 Å². The van der Waals surface area contributed by atoms with Crippen molar-refractivity contribution in [1.29, 1.82) is 0 Å². The number of hydrogen-bond donors (Lipinski definition) is 2. The van der Waals surface area contributed by atoms with Crippen LogP contribution in [0.15, 0.2) is 5.38 Å². The summed E-state index contributed by atoms with van der Waals surface area (Å²) in [6.45, 7) is 1.75. The Morgan fingerprint density at radius 2 is 2.17 bits per heavy atom. The maximum absolute atomic E-state index is 12.6. The van der Waals surface area contributed by atoms with Crippen LogP contribution < -0.4 is 10.6 Å². The molecule has 24 heavy (non-hydrogen) atoms. The second kappa shape index (κ2) is 6.31. The van der Waals surface area contributed by atoms with Gasteiger partial charge in [0.1, 0.15) is 0 Å². The molecular formula is C16H23N3O3S2. The first-order valence-electron chi connectivity index (χ1n) is 8.60. The quantitative estimate of drug-likeness (QED) is 0.812. The Kier molecular flexibility index (Phi) is 4.30. The van der Waals surface area contributed by atoms with E-state index in [2.05, 4.69) is 16.0 Å². The molecule has 2 fully saturated rings. The lowest BCUT2D eigenvalue weighted by atomic mass is 9.96. The van der Waals surface area contributed by atoms with Crippen molar-refractivity contribution in [2.45, 2.75) is 44.3 Å². The standard InChI is InChI=1S/C16H23N3O3S2/c20-16(18-7-11-8-23-15-4-2-1-3-12(11)15)19-6-5-17-13-9-24(21,22)10-14(13)19/h8,13-14,17H,1-7,9-10H2,(H,18,20)/t13-,14+/m0/s1. The normalized spacial score (nSPS) is 28.2.